The van der Waals surface area contributed by atoms with Gasteiger partial charge in [0.05, 0.1) is 12.3 Å². The number of nitrogens with one attached hydrogen (secondary N) is 2. The molecular formula is C6H6N2O5. The van der Waals surface area contributed by atoms with Crippen molar-refractivity contribution < 1.29 is 15.0 Å². The standard InChI is InChI=1S/C6H6N2O5/c9-1-2-3(5(11)12)4(10)8-6(13)7-2/h9H,1H2,(H,11,12)(H2,7,8,10,13). The van der Waals surface area contributed by atoms with Gasteiger partial charge in [-0.05, 0) is 0 Å². The number of aliphatic hydroxyl groups is 1. The lowest BCUT2D eigenvalue weighted by molar-refractivity contribution is 0.0690. The van der Waals surface area contributed by atoms with E-state index in [4.69, 9.17) is 10.2 Å². The minimum Gasteiger partial charge on any atom is -0.477 e. The van der Waals surface area contributed by atoms with Crippen LogP contribution >= 0.6 is 0 Å². The Hall–Kier alpha value is -1.89. The van der Waals surface area contributed by atoms with Gasteiger partial charge in [0.2, 0.25) is 0 Å². The molecule has 0 aromatic carbocycles. The van der Waals surface area contributed by atoms with Gasteiger partial charge in [0.15, 0.2) is 0 Å². The molecule has 7 heteroatoms. The van der Waals surface area contributed by atoms with Gasteiger partial charge in [-0.1, -0.05) is 0 Å². The summed E-state index contributed by atoms with van der Waals surface area (Å²) >= 11 is 0. The number of hydrogen-bond donors (Lipinski definition) is 4. The zero-order valence-electron chi connectivity index (χ0n) is 6.33. The monoisotopic (exact) mass is 186 g/mol. The molecule has 1 heterocycles. The molecule has 0 spiro atoms. The van der Waals surface area contributed by atoms with Crippen molar-refractivity contribution in [3.8, 4) is 0 Å². The third-order valence-electron chi connectivity index (χ3n) is 1.39. The minimum atomic E-state index is -1.50. The number of aromatic amines is 2. The molecule has 1 rings (SSSR count). The van der Waals surface area contributed by atoms with E-state index in [2.05, 4.69) is 0 Å². The Bertz CT molecular complexity index is 443. The van der Waals surface area contributed by atoms with E-state index in [0.717, 1.165) is 0 Å². The van der Waals surface area contributed by atoms with Gasteiger partial charge in [-0.2, -0.15) is 0 Å². The van der Waals surface area contributed by atoms with Crippen molar-refractivity contribution in [1.82, 2.24) is 9.97 Å². The highest BCUT2D eigenvalue weighted by Gasteiger charge is 2.15. The molecule has 0 fully saturated rings. The highest BCUT2D eigenvalue weighted by molar-refractivity contribution is 5.88. The zero-order chi connectivity index (χ0) is 10.0. The number of carboxylic acid groups (broad SMARTS) is 1. The Morgan fingerprint density at radius 1 is 1.31 bits per heavy atom. The molecule has 0 radical (unpaired) electrons. The third kappa shape index (κ3) is 1.64. The van der Waals surface area contributed by atoms with Crippen LogP contribution in [0, 0.1) is 0 Å². The topological polar surface area (TPSA) is 123 Å². The van der Waals surface area contributed by atoms with Gasteiger partial charge < -0.3 is 15.2 Å². The summed E-state index contributed by atoms with van der Waals surface area (Å²) in [5.41, 5.74) is -2.83. The second-order valence-corrected chi connectivity index (χ2v) is 2.23. The molecule has 0 aliphatic heterocycles. The fraction of sp³-hybridized carbons (Fsp3) is 0.167. The summed E-state index contributed by atoms with van der Waals surface area (Å²) in [6.07, 6.45) is 0. The SMILES string of the molecule is O=C(O)c1c(CO)[nH]c(=O)[nH]c1=O. The molecule has 0 bridgehead atoms. The lowest BCUT2D eigenvalue weighted by Gasteiger charge is -1.99. The molecule has 1 aromatic heterocycles. The average molecular weight is 186 g/mol. The largest absolute Gasteiger partial charge is 0.477 e. The Balaban J connectivity index is 3.57. The molecule has 4 N–H and O–H groups in total. The number of aliphatic hydroxyl groups excluding tert-OH is 1. The van der Waals surface area contributed by atoms with E-state index in [0.29, 0.717) is 0 Å². The van der Waals surface area contributed by atoms with E-state index in [1.54, 1.807) is 4.98 Å². The fourth-order valence-electron chi connectivity index (χ4n) is 0.878. The first-order valence-corrected chi connectivity index (χ1v) is 3.26. The molecule has 0 saturated heterocycles. The summed E-state index contributed by atoms with van der Waals surface area (Å²) in [6.45, 7) is -0.708. The van der Waals surface area contributed by atoms with Gasteiger partial charge in [-0.3, -0.25) is 9.78 Å². The Labute approximate surface area is 70.7 Å². The molecular weight excluding hydrogens is 180 g/mol. The molecule has 7 nitrogen and oxygen atoms in total. The fourth-order valence-corrected chi connectivity index (χ4v) is 0.878. The first kappa shape index (κ1) is 9.20. The normalized spacial score (nSPS) is 9.92. The first-order valence-electron chi connectivity index (χ1n) is 3.26. The summed E-state index contributed by atoms with van der Waals surface area (Å²) in [7, 11) is 0. The number of aromatic nitrogens is 2. The number of H-pyrrole nitrogens is 2. The minimum absolute atomic E-state index is 0.304. The highest BCUT2D eigenvalue weighted by atomic mass is 16.4. The van der Waals surface area contributed by atoms with Crippen molar-refractivity contribution in [2.75, 3.05) is 0 Å². The molecule has 1 aromatic rings. The molecule has 0 atom stereocenters. The number of hydrogen-bond acceptors (Lipinski definition) is 4. The summed E-state index contributed by atoms with van der Waals surface area (Å²) in [4.78, 5) is 35.7. The van der Waals surface area contributed by atoms with Crippen LogP contribution < -0.4 is 11.2 Å². The van der Waals surface area contributed by atoms with Gasteiger partial charge in [-0.15, -0.1) is 0 Å². The maximum Gasteiger partial charge on any atom is 0.343 e. The predicted molar refractivity (Wildman–Crippen MR) is 40.6 cm³/mol. The smallest absolute Gasteiger partial charge is 0.343 e. The van der Waals surface area contributed by atoms with Gasteiger partial charge in [0.1, 0.15) is 5.56 Å². The third-order valence-corrected chi connectivity index (χ3v) is 1.39. The van der Waals surface area contributed by atoms with E-state index in [1.165, 1.54) is 0 Å². The first-order chi connectivity index (χ1) is 6.06. The molecule has 13 heavy (non-hydrogen) atoms. The highest BCUT2D eigenvalue weighted by Crippen LogP contribution is 1.95. The van der Waals surface area contributed by atoms with Crippen molar-refractivity contribution >= 4 is 5.97 Å². The van der Waals surface area contributed by atoms with Crippen LogP contribution in [-0.2, 0) is 6.61 Å². The second kappa shape index (κ2) is 3.23. The van der Waals surface area contributed by atoms with Crippen LogP contribution in [-0.4, -0.2) is 26.2 Å². The quantitative estimate of drug-likeness (QED) is 0.436. The van der Waals surface area contributed by atoms with E-state index in [9.17, 15) is 14.4 Å². The van der Waals surface area contributed by atoms with Crippen LogP contribution in [0.4, 0.5) is 0 Å². The second-order valence-electron chi connectivity index (χ2n) is 2.23. The van der Waals surface area contributed by atoms with Gasteiger partial charge in [0.25, 0.3) is 5.56 Å². The maximum atomic E-state index is 10.9. The van der Waals surface area contributed by atoms with Crippen LogP contribution in [0.25, 0.3) is 0 Å². The number of rotatable bonds is 2. The molecule has 70 valence electrons. The summed E-state index contributed by atoms with van der Waals surface area (Å²) in [5, 5.41) is 17.1. The van der Waals surface area contributed by atoms with Crippen molar-refractivity contribution in [2.45, 2.75) is 6.61 Å². The molecule has 0 unspecified atom stereocenters. The van der Waals surface area contributed by atoms with E-state index >= 15 is 0 Å². The average Bonchev–Trinajstić information content (AvgIpc) is 2.01. The Kier molecular flexibility index (Phi) is 2.29. The predicted octanol–water partition coefficient (Wildman–Crippen LogP) is -1.75. The van der Waals surface area contributed by atoms with Crippen LogP contribution in [0.3, 0.4) is 0 Å². The Morgan fingerprint density at radius 2 is 1.92 bits per heavy atom. The summed E-state index contributed by atoms with van der Waals surface area (Å²) in [6, 6.07) is 0. The van der Waals surface area contributed by atoms with Crippen molar-refractivity contribution in [2.24, 2.45) is 0 Å². The number of carbonyl (C=O) groups is 1. The van der Waals surface area contributed by atoms with Crippen LogP contribution in [0.1, 0.15) is 16.1 Å². The van der Waals surface area contributed by atoms with Crippen LogP contribution in [0.15, 0.2) is 9.59 Å². The van der Waals surface area contributed by atoms with Crippen LogP contribution in [0.5, 0.6) is 0 Å². The summed E-state index contributed by atoms with van der Waals surface area (Å²) in [5.74, 6) is -1.50. The zero-order valence-corrected chi connectivity index (χ0v) is 6.33. The van der Waals surface area contributed by atoms with Crippen LogP contribution in [0.2, 0.25) is 0 Å². The lowest BCUT2D eigenvalue weighted by atomic mass is 10.2. The van der Waals surface area contributed by atoms with E-state index < -0.39 is 29.4 Å². The van der Waals surface area contributed by atoms with Crippen molar-refractivity contribution in [1.29, 1.82) is 0 Å². The molecule has 0 amide bonds. The Morgan fingerprint density at radius 3 is 2.38 bits per heavy atom. The van der Waals surface area contributed by atoms with Crippen molar-refractivity contribution in [3.05, 3.63) is 32.1 Å². The summed E-state index contributed by atoms with van der Waals surface area (Å²) < 4.78 is 0. The van der Waals surface area contributed by atoms with Gasteiger partial charge in [-0.25, -0.2) is 9.59 Å². The van der Waals surface area contributed by atoms with Crippen molar-refractivity contribution in [3.63, 3.8) is 0 Å². The number of aromatic carboxylic acids is 1. The maximum absolute atomic E-state index is 10.9. The van der Waals surface area contributed by atoms with Gasteiger partial charge in [0, 0.05) is 0 Å². The van der Waals surface area contributed by atoms with E-state index in [-0.39, 0.29) is 5.69 Å². The molecule has 0 aliphatic carbocycles. The van der Waals surface area contributed by atoms with E-state index in [1.807, 2.05) is 4.98 Å². The molecule has 0 aliphatic rings. The lowest BCUT2D eigenvalue weighted by Crippen LogP contribution is -2.30. The number of carboxylic acids is 1. The molecule has 0 saturated carbocycles. The van der Waals surface area contributed by atoms with Gasteiger partial charge >= 0.3 is 11.7 Å².